The molecule has 0 radical (unpaired) electrons. The van der Waals surface area contributed by atoms with Gasteiger partial charge in [-0.05, 0) is 25.1 Å². The van der Waals surface area contributed by atoms with Gasteiger partial charge in [-0.3, -0.25) is 4.79 Å². The van der Waals surface area contributed by atoms with Crippen LogP contribution in [0.3, 0.4) is 0 Å². The minimum Gasteiger partial charge on any atom is -0.496 e. The van der Waals surface area contributed by atoms with Crippen LogP contribution in [-0.4, -0.2) is 18.4 Å². The number of carbonyl (C=O) groups excluding carboxylic acids is 1. The molecule has 0 amide bonds. The van der Waals surface area contributed by atoms with Crippen molar-refractivity contribution in [3.8, 4) is 17.0 Å². The number of hydrogen-bond acceptors (Lipinski definition) is 2. The van der Waals surface area contributed by atoms with E-state index >= 15 is 0 Å². The van der Waals surface area contributed by atoms with Crippen molar-refractivity contribution in [1.82, 2.24) is 4.98 Å². The lowest BCUT2D eigenvalue weighted by Gasteiger charge is -2.08. The van der Waals surface area contributed by atoms with Crippen LogP contribution in [0.1, 0.15) is 15.9 Å². The van der Waals surface area contributed by atoms with E-state index in [-0.39, 0.29) is 0 Å². The fourth-order valence-electron chi connectivity index (χ4n) is 2.55. The van der Waals surface area contributed by atoms with Crippen LogP contribution in [0.2, 0.25) is 5.02 Å². The first-order valence-corrected chi connectivity index (χ1v) is 6.94. The summed E-state index contributed by atoms with van der Waals surface area (Å²) < 4.78 is 5.41. The maximum Gasteiger partial charge on any atom is 0.152 e. The van der Waals surface area contributed by atoms with E-state index in [1.807, 2.05) is 37.3 Å². The molecule has 0 spiro atoms. The van der Waals surface area contributed by atoms with E-state index in [0.29, 0.717) is 16.3 Å². The molecule has 21 heavy (non-hydrogen) atoms. The lowest BCUT2D eigenvalue weighted by Crippen LogP contribution is -1.91. The number of para-hydroxylation sites is 1. The van der Waals surface area contributed by atoms with Gasteiger partial charge in [-0.2, -0.15) is 0 Å². The average molecular weight is 300 g/mol. The Balaban J connectivity index is 2.37. The fraction of sp³-hybridized carbons (Fsp3) is 0.118. The fourth-order valence-corrected chi connectivity index (χ4v) is 2.78. The molecule has 0 aliphatic carbocycles. The van der Waals surface area contributed by atoms with Crippen LogP contribution in [0, 0.1) is 6.92 Å². The Bertz CT molecular complexity index is 836. The minimum absolute atomic E-state index is 0.591. The molecule has 4 heteroatoms. The molecule has 0 bridgehead atoms. The van der Waals surface area contributed by atoms with E-state index in [2.05, 4.69) is 4.98 Å². The van der Waals surface area contributed by atoms with Crippen molar-refractivity contribution >= 4 is 28.8 Å². The van der Waals surface area contributed by atoms with E-state index in [1.165, 1.54) is 0 Å². The molecule has 0 aliphatic heterocycles. The maximum atomic E-state index is 11.6. The molecule has 2 aromatic carbocycles. The van der Waals surface area contributed by atoms with Crippen molar-refractivity contribution < 1.29 is 9.53 Å². The molecule has 106 valence electrons. The van der Waals surface area contributed by atoms with Gasteiger partial charge in [0.15, 0.2) is 6.29 Å². The van der Waals surface area contributed by atoms with Gasteiger partial charge < -0.3 is 9.72 Å². The summed E-state index contributed by atoms with van der Waals surface area (Å²) in [6.45, 7) is 2.00. The molecule has 0 saturated heterocycles. The Morgan fingerprint density at radius 1 is 1.24 bits per heavy atom. The Hall–Kier alpha value is -2.26. The predicted octanol–water partition coefficient (Wildman–Crippen LogP) is 4.62. The first kappa shape index (κ1) is 13.7. The lowest BCUT2D eigenvalue weighted by molar-refractivity contribution is 0.112. The second-order valence-electron chi connectivity index (χ2n) is 4.90. The van der Waals surface area contributed by atoms with Crippen molar-refractivity contribution in [3.63, 3.8) is 0 Å². The highest BCUT2D eigenvalue weighted by Crippen LogP contribution is 2.37. The molecule has 0 saturated carbocycles. The number of halogens is 1. The van der Waals surface area contributed by atoms with Gasteiger partial charge in [0, 0.05) is 16.5 Å². The second kappa shape index (κ2) is 5.26. The molecule has 1 N–H and O–H groups in total. The number of aldehydes is 1. The summed E-state index contributed by atoms with van der Waals surface area (Å²) in [6.07, 6.45) is 0.853. The van der Waals surface area contributed by atoms with E-state index in [0.717, 1.165) is 34.0 Å². The van der Waals surface area contributed by atoms with Gasteiger partial charge in [0.2, 0.25) is 0 Å². The largest absolute Gasteiger partial charge is 0.496 e. The average Bonchev–Trinajstić information content (AvgIpc) is 2.87. The van der Waals surface area contributed by atoms with Crippen molar-refractivity contribution in [2.75, 3.05) is 7.11 Å². The molecule has 0 atom stereocenters. The Kier molecular flexibility index (Phi) is 3.43. The highest BCUT2D eigenvalue weighted by molar-refractivity contribution is 6.35. The van der Waals surface area contributed by atoms with Gasteiger partial charge in [0.25, 0.3) is 0 Å². The summed E-state index contributed by atoms with van der Waals surface area (Å²) in [6, 6.07) is 11.4. The monoisotopic (exact) mass is 299 g/mol. The lowest BCUT2D eigenvalue weighted by atomic mass is 10.0. The summed E-state index contributed by atoms with van der Waals surface area (Å²) in [5, 5.41) is 1.41. The number of fused-ring (bicyclic) bond motifs is 1. The van der Waals surface area contributed by atoms with E-state index < -0.39 is 0 Å². The first-order chi connectivity index (χ1) is 10.2. The molecule has 1 aromatic heterocycles. The highest BCUT2D eigenvalue weighted by Gasteiger charge is 2.17. The number of hydrogen-bond donors (Lipinski definition) is 1. The topological polar surface area (TPSA) is 42.1 Å². The molecule has 3 aromatic rings. The van der Waals surface area contributed by atoms with E-state index in [9.17, 15) is 4.79 Å². The minimum atomic E-state index is 0.591. The number of benzene rings is 2. The number of carbonyl (C=O) groups is 1. The summed E-state index contributed by atoms with van der Waals surface area (Å²) >= 11 is 6.21. The summed E-state index contributed by atoms with van der Waals surface area (Å²) in [4.78, 5) is 14.8. The molecule has 1 heterocycles. The number of methoxy groups -OCH3 is 1. The van der Waals surface area contributed by atoms with Crippen molar-refractivity contribution in [2.45, 2.75) is 6.92 Å². The van der Waals surface area contributed by atoms with Gasteiger partial charge in [-0.25, -0.2) is 0 Å². The number of aromatic nitrogens is 1. The molecule has 0 aliphatic rings. The second-order valence-corrected chi connectivity index (χ2v) is 5.30. The van der Waals surface area contributed by atoms with Crippen LogP contribution in [0.5, 0.6) is 5.75 Å². The number of aryl methyl sites for hydroxylation is 1. The van der Waals surface area contributed by atoms with Crippen molar-refractivity contribution in [1.29, 1.82) is 0 Å². The van der Waals surface area contributed by atoms with Crippen LogP contribution in [-0.2, 0) is 0 Å². The van der Waals surface area contributed by atoms with Crippen LogP contribution in [0.15, 0.2) is 36.4 Å². The molecule has 0 fully saturated rings. The van der Waals surface area contributed by atoms with Gasteiger partial charge in [-0.15, -0.1) is 0 Å². The third kappa shape index (κ3) is 2.20. The van der Waals surface area contributed by atoms with E-state index in [4.69, 9.17) is 16.3 Å². The van der Waals surface area contributed by atoms with Gasteiger partial charge in [0.05, 0.1) is 23.3 Å². The Morgan fingerprint density at radius 3 is 2.76 bits per heavy atom. The van der Waals surface area contributed by atoms with Gasteiger partial charge in [0.1, 0.15) is 5.75 Å². The zero-order chi connectivity index (χ0) is 15.0. The van der Waals surface area contributed by atoms with Gasteiger partial charge in [-0.1, -0.05) is 35.4 Å². The Morgan fingerprint density at radius 2 is 2.05 bits per heavy atom. The zero-order valence-corrected chi connectivity index (χ0v) is 12.5. The molecular formula is C17H14ClNO2. The predicted molar refractivity (Wildman–Crippen MR) is 85.4 cm³/mol. The maximum absolute atomic E-state index is 11.6. The van der Waals surface area contributed by atoms with Crippen LogP contribution >= 0.6 is 11.6 Å². The SMILES string of the molecule is COc1ccc(C)cc1-c1[nH]c2c(Cl)cccc2c1C=O. The molecule has 0 unspecified atom stereocenters. The number of rotatable bonds is 3. The smallest absolute Gasteiger partial charge is 0.152 e. The number of H-pyrrole nitrogens is 1. The highest BCUT2D eigenvalue weighted by atomic mass is 35.5. The van der Waals surface area contributed by atoms with Crippen LogP contribution < -0.4 is 4.74 Å². The van der Waals surface area contributed by atoms with Crippen molar-refractivity contribution in [3.05, 3.63) is 52.5 Å². The third-order valence-electron chi connectivity index (χ3n) is 3.57. The summed E-state index contributed by atoms with van der Waals surface area (Å²) in [5.74, 6) is 0.714. The first-order valence-electron chi connectivity index (χ1n) is 6.56. The summed E-state index contributed by atoms with van der Waals surface area (Å²) in [7, 11) is 1.62. The number of aromatic amines is 1. The number of nitrogens with one attached hydrogen (secondary N) is 1. The van der Waals surface area contributed by atoms with Crippen molar-refractivity contribution in [2.24, 2.45) is 0 Å². The molecule has 3 nitrogen and oxygen atoms in total. The zero-order valence-electron chi connectivity index (χ0n) is 11.7. The quantitative estimate of drug-likeness (QED) is 0.717. The van der Waals surface area contributed by atoms with Crippen LogP contribution in [0.4, 0.5) is 0 Å². The standard InChI is InChI=1S/C17H14ClNO2/c1-10-6-7-15(21-2)12(8-10)16-13(9-20)11-4-3-5-14(18)17(11)19-16/h3-9,19H,1-2H3. The Labute approximate surface area is 127 Å². The van der Waals surface area contributed by atoms with E-state index in [1.54, 1.807) is 13.2 Å². The molecular weight excluding hydrogens is 286 g/mol. The third-order valence-corrected chi connectivity index (χ3v) is 3.88. The van der Waals surface area contributed by atoms with Crippen LogP contribution in [0.25, 0.3) is 22.2 Å². The normalized spacial score (nSPS) is 10.8. The van der Waals surface area contributed by atoms with Gasteiger partial charge >= 0.3 is 0 Å². The number of ether oxygens (including phenoxy) is 1. The molecule has 3 rings (SSSR count). The summed E-state index contributed by atoms with van der Waals surface area (Å²) in [5.41, 5.74) is 4.03.